The second kappa shape index (κ2) is 7.77. The fourth-order valence-corrected chi connectivity index (χ4v) is 3.69. The van der Waals surface area contributed by atoms with Gasteiger partial charge in [-0.25, -0.2) is 4.79 Å². The molecular weight excluding hydrogens is 312 g/mol. The van der Waals surface area contributed by atoms with Gasteiger partial charge in [-0.15, -0.1) is 0 Å². The lowest BCUT2D eigenvalue weighted by molar-refractivity contribution is 0.0255. The normalized spacial score (nSPS) is 26.8. The predicted octanol–water partition coefficient (Wildman–Crippen LogP) is 4.17. The number of hydrogen-bond acceptors (Lipinski definition) is 3. The van der Waals surface area contributed by atoms with E-state index in [2.05, 4.69) is 35.6 Å². The Bertz CT molecular complexity index is 567. The number of carbonyl (C=O) groups is 1. The summed E-state index contributed by atoms with van der Waals surface area (Å²) in [5, 5.41) is 3.75. The van der Waals surface area contributed by atoms with E-state index in [4.69, 9.17) is 4.74 Å². The van der Waals surface area contributed by atoms with Crippen molar-refractivity contribution in [3.8, 4) is 0 Å². The number of amides is 1. The van der Waals surface area contributed by atoms with E-state index >= 15 is 0 Å². The molecule has 1 heterocycles. The van der Waals surface area contributed by atoms with Crippen molar-refractivity contribution in [2.75, 3.05) is 19.6 Å². The molecule has 1 saturated carbocycles. The first-order chi connectivity index (χ1) is 11.9. The molecule has 138 valence electrons. The summed E-state index contributed by atoms with van der Waals surface area (Å²) in [6.07, 6.45) is 4.41. The van der Waals surface area contributed by atoms with Crippen LogP contribution in [0.15, 0.2) is 30.3 Å². The third kappa shape index (κ3) is 5.46. The van der Waals surface area contributed by atoms with Crippen LogP contribution < -0.4 is 5.32 Å². The lowest BCUT2D eigenvalue weighted by atomic mass is 10.0. The van der Waals surface area contributed by atoms with Gasteiger partial charge in [0.2, 0.25) is 0 Å². The minimum absolute atomic E-state index is 0.160. The molecule has 0 bridgehead atoms. The van der Waals surface area contributed by atoms with Crippen LogP contribution in [0, 0.1) is 5.92 Å². The summed E-state index contributed by atoms with van der Waals surface area (Å²) in [5.74, 6) is 1.34. The summed E-state index contributed by atoms with van der Waals surface area (Å²) in [5.41, 5.74) is 1.04. The molecule has 1 aromatic rings. The summed E-state index contributed by atoms with van der Waals surface area (Å²) < 4.78 is 5.51. The molecule has 3 rings (SSSR count). The largest absolute Gasteiger partial charge is 0.444 e. The summed E-state index contributed by atoms with van der Waals surface area (Å²) in [7, 11) is 0. The van der Waals surface area contributed by atoms with Crippen molar-refractivity contribution in [1.29, 1.82) is 0 Å². The topological polar surface area (TPSA) is 41.6 Å². The Morgan fingerprint density at radius 1 is 1.20 bits per heavy atom. The second-order valence-corrected chi connectivity index (χ2v) is 8.53. The minimum Gasteiger partial charge on any atom is -0.444 e. The van der Waals surface area contributed by atoms with Crippen LogP contribution in [-0.2, 0) is 4.74 Å². The molecule has 1 N–H and O–H groups in total. The summed E-state index contributed by atoms with van der Waals surface area (Å²) in [6.45, 7) is 8.47. The zero-order valence-corrected chi connectivity index (χ0v) is 15.8. The molecule has 1 amide bonds. The summed E-state index contributed by atoms with van der Waals surface area (Å²) in [6, 6.07) is 11.4. The van der Waals surface area contributed by atoms with Gasteiger partial charge in [0.1, 0.15) is 5.60 Å². The van der Waals surface area contributed by atoms with Gasteiger partial charge in [-0.3, -0.25) is 0 Å². The highest BCUT2D eigenvalue weighted by Gasteiger charge is 2.38. The van der Waals surface area contributed by atoms with E-state index in [0.29, 0.717) is 17.9 Å². The number of likely N-dealkylation sites (tertiary alicyclic amines) is 1. The maximum absolute atomic E-state index is 12.2. The van der Waals surface area contributed by atoms with Gasteiger partial charge in [-0.1, -0.05) is 30.3 Å². The highest BCUT2D eigenvalue weighted by molar-refractivity contribution is 5.68. The zero-order chi connectivity index (χ0) is 17.9. The molecule has 4 nitrogen and oxygen atoms in total. The predicted molar refractivity (Wildman–Crippen MR) is 101 cm³/mol. The van der Waals surface area contributed by atoms with E-state index < -0.39 is 5.60 Å². The zero-order valence-electron chi connectivity index (χ0n) is 15.8. The van der Waals surface area contributed by atoms with Crippen molar-refractivity contribution in [1.82, 2.24) is 10.2 Å². The SMILES string of the molecule is CC(C)(C)OC(=O)N1CCCC(CNC2C[C@@H]2c2ccccc2)CC1. The number of benzene rings is 1. The monoisotopic (exact) mass is 344 g/mol. The van der Waals surface area contributed by atoms with Crippen molar-refractivity contribution in [2.45, 2.75) is 64.0 Å². The maximum Gasteiger partial charge on any atom is 0.410 e. The Hall–Kier alpha value is -1.55. The van der Waals surface area contributed by atoms with Crippen LogP contribution in [0.5, 0.6) is 0 Å². The van der Waals surface area contributed by atoms with Crippen LogP contribution in [0.25, 0.3) is 0 Å². The van der Waals surface area contributed by atoms with Gasteiger partial charge >= 0.3 is 6.09 Å². The smallest absolute Gasteiger partial charge is 0.410 e. The van der Waals surface area contributed by atoms with E-state index in [0.717, 1.165) is 32.5 Å². The molecule has 0 radical (unpaired) electrons. The van der Waals surface area contributed by atoms with Crippen molar-refractivity contribution in [2.24, 2.45) is 5.92 Å². The van der Waals surface area contributed by atoms with Gasteiger partial charge in [0.05, 0.1) is 0 Å². The summed E-state index contributed by atoms with van der Waals surface area (Å²) in [4.78, 5) is 14.1. The molecule has 0 aromatic heterocycles. The third-order valence-corrected chi connectivity index (χ3v) is 5.19. The molecule has 1 saturated heterocycles. The van der Waals surface area contributed by atoms with Gasteiger partial charge in [0.15, 0.2) is 0 Å². The van der Waals surface area contributed by atoms with Crippen LogP contribution in [0.4, 0.5) is 4.79 Å². The van der Waals surface area contributed by atoms with Crippen LogP contribution in [-0.4, -0.2) is 42.3 Å². The van der Waals surface area contributed by atoms with E-state index in [9.17, 15) is 4.79 Å². The Morgan fingerprint density at radius 2 is 1.96 bits per heavy atom. The fourth-order valence-electron chi connectivity index (χ4n) is 3.69. The number of rotatable bonds is 4. The van der Waals surface area contributed by atoms with Gasteiger partial charge in [0.25, 0.3) is 0 Å². The Balaban J connectivity index is 1.40. The number of nitrogens with zero attached hydrogens (tertiary/aromatic N) is 1. The first kappa shape index (κ1) is 18.2. The molecule has 3 atom stereocenters. The Labute approximate surface area is 151 Å². The molecule has 2 fully saturated rings. The van der Waals surface area contributed by atoms with Crippen LogP contribution >= 0.6 is 0 Å². The van der Waals surface area contributed by atoms with Gasteiger partial charge in [-0.2, -0.15) is 0 Å². The van der Waals surface area contributed by atoms with E-state index in [-0.39, 0.29) is 6.09 Å². The van der Waals surface area contributed by atoms with Gasteiger partial charge in [0, 0.05) is 25.0 Å². The van der Waals surface area contributed by atoms with Crippen molar-refractivity contribution in [3.63, 3.8) is 0 Å². The van der Waals surface area contributed by atoms with Crippen molar-refractivity contribution >= 4 is 6.09 Å². The minimum atomic E-state index is -0.414. The molecule has 0 spiro atoms. The van der Waals surface area contributed by atoms with E-state index in [1.807, 2.05) is 25.7 Å². The van der Waals surface area contributed by atoms with Crippen LogP contribution in [0.1, 0.15) is 57.9 Å². The molecule has 1 aromatic carbocycles. The number of hydrogen-bond donors (Lipinski definition) is 1. The van der Waals surface area contributed by atoms with Crippen LogP contribution in [0.3, 0.4) is 0 Å². The first-order valence-electron chi connectivity index (χ1n) is 9.68. The highest BCUT2D eigenvalue weighted by Crippen LogP contribution is 2.40. The Morgan fingerprint density at radius 3 is 2.68 bits per heavy atom. The maximum atomic E-state index is 12.2. The van der Waals surface area contributed by atoms with E-state index in [1.54, 1.807) is 0 Å². The molecule has 1 aliphatic carbocycles. The molecule has 2 unspecified atom stereocenters. The highest BCUT2D eigenvalue weighted by atomic mass is 16.6. The van der Waals surface area contributed by atoms with Gasteiger partial charge in [-0.05, 0) is 64.5 Å². The lowest BCUT2D eigenvalue weighted by Crippen LogP contribution is -2.37. The molecule has 1 aliphatic heterocycles. The number of carbonyl (C=O) groups excluding carboxylic acids is 1. The molecule has 25 heavy (non-hydrogen) atoms. The van der Waals surface area contributed by atoms with Crippen LogP contribution in [0.2, 0.25) is 0 Å². The first-order valence-corrected chi connectivity index (χ1v) is 9.68. The van der Waals surface area contributed by atoms with Crippen molar-refractivity contribution in [3.05, 3.63) is 35.9 Å². The van der Waals surface area contributed by atoms with Crippen molar-refractivity contribution < 1.29 is 9.53 Å². The third-order valence-electron chi connectivity index (χ3n) is 5.19. The molecular formula is C21H32N2O2. The Kier molecular flexibility index (Phi) is 5.67. The standard InChI is InChI=1S/C21H32N2O2/c1-21(2,3)25-20(24)23-12-7-8-16(11-13-23)15-22-19-14-18(19)17-9-5-4-6-10-17/h4-6,9-10,16,18-19,22H,7-8,11-15H2,1-3H3/t16?,18-,19?/m1/s1. The number of nitrogens with one attached hydrogen (secondary N) is 1. The number of ether oxygens (including phenoxy) is 1. The average molecular weight is 344 g/mol. The van der Waals surface area contributed by atoms with Gasteiger partial charge < -0.3 is 15.0 Å². The quantitative estimate of drug-likeness (QED) is 0.891. The molecule has 4 heteroatoms. The summed E-state index contributed by atoms with van der Waals surface area (Å²) >= 11 is 0. The molecule has 2 aliphatic rings. The lowest BCUT2D eigenvalue weighted by Gasteiger charge is -2.26. The second-order valence-electron chi connectivity index (χ2n) is 8.53. The van der Waals surface area contributed by atoms with E-state index in [1.165, 1.54) is 18.4 Å². The average Bonchev–Trinajstić information content (AvgIpc) is 3.35. The fraction of sp³-hybridized carbons (Fsp3) is 0.667.